The van der Waals surface area contributed by atoms with Gasteiger partial charge in [0.15, 0.2) is 0 Å². The van der Waals surface area contributed by atoms with Crippen LogP contribution >= 0.6 is 11.3 Å². The number of rotatable bonds is 3. The molecule has 1 unspecified atom stereocenters. The van der Waals surface area contributed by atoms with Crippen LogP contribution in [0.3, 0.4) is 0 Å². The van der Waals surface area contributed by atoms with E-state index in [4.69, 9.17) is 5.84 Å². The summed E-state index contributed by atoms with van der Waals surface area (Å²) in [4.78, 5) is 12.7. The van der Waals surface area contributed by atoms with Crippen LogP contribution in [-0.2, 0) is 4.79 Å². The Balaban J connectivity index is 2.84. The monoisotopic (exact) mass is 226 g/mol. The molecule has 3 nitrogen and oxygen atoms in total. The highest BCUT2D eigenvalue weighted by atomic mass is 32.1. The van der Waals surface area contributed by atoms with E-state index >= 15 is 0 Å². The Bertz CT molecular complexity index is 314. The summed E-state index contributed by atoms with van der Waals surface area (Å²) in [6.45, 7) is 6.37. The highest BCUT2D eigenvalue weighted by Crippen LogP contribution is 2.33. The molecule has 3 N–H and O–H groups in total. The summed E-state index contributed by atoms with van der Waals surface area (Å²) in [5.41, 5.74) is 2.36. The van der Waals surface area contributed by atoms with Crippen LogP contribution in [0, 0.1) is 5.41 Å². The normalized spacial score (nSPS) is 13.6. The van der Waals surface area contributed by atoms with E-state index in [2.05, 4.69) is 26.2 Å². The van der Waals surface area contributed by atoms with Gasteiger partial charge in [0, 0.05) is 4.88 Å². The molecule has 0 radical (unpaired) electrons. The van der Waals surface area contributed by atoms with Gasteiger partial charge in [-0.25, -0.2) is 5.84 Å². The average Bonchev–Trinajstić information content (AvgIpc) is 2.64. The molecule has 4 heteroatoms. The van der Waals surface area contributed by atoms with Gasteiger partial charge in [-0.2, -0.15) is 0 Å². The van der Waals surface area contributed by atoms with Crippen molar-refractivity contribution in [2.24, 2.45) is 11.3 Å². The lowest BCUT2D eigenvalue weighted by Gasteiger charge is -2.23. The van der Waals surface area contributed by atoms with Crippen LogP contribution < -0.4 is 11.3 Å². The molecular weight excluding hydrogens is 208 g/mol. The first-order valence-electron chi connectivity index (χ1n) is 4.98. The molecule has 0 saturated carbocycles. The molecule has 0 saturated heterocycles. The van der Waals surface area contributed by atoms with Crippen molar-refractivity contribution in [3.63, 3.8) is 0 Å². The fraction of sp³-hybridized carbons (Fsp3) is 0.545. The molecule has 1 rings (SSSR count). The van der Waals surface area contributed by atoms with Gasteiger partial charge in [-0.05, 0) is 23.3 Å². The maximum absolute atomic E-state index is 11.7. The first-order chi connectivity index (χ1) is 6.94. The summed E-state index contributed by atoms with van der Waals surface area (Å²) in [5.74, 6) is 4.97. The van der Waals surface area contributed by atoms with Crippen LogP contribution in [0.5, 0.6) is 0 Å². The first kappa shape index (κ1) is 12.2. The van der Waals surface area contributed by atoms with Crippen LogP contribution in [-0.4, -0.2) is 5.91 Å². The van der Waals surface area contributed by atoms with Crippen LogP contribution in [0.15, 0.2) is 17.5 Å². The second-order valence-corrected chi connectivity index (χ2v) is 5.82. The van der Waals surface area contributed by atoms with Gasteiger partial charge in [-0.1, -0.05) is 26.8 Å². The van der Waals surface area contributed by atoms with E-state index in [-0.39, 0.29) is 17.2 Å². The molecule has 0 aliphatic rings. The SMILES string of the molecule is CC(C)(C)CC(C(=O)NN)c1cccs1. The minimum absolute atomic E-state index is 0.104. The minimum atomic E-state index is -0.130. The lowest BCUT2D eigenvalue weighted by Crippen LogP contribution is -2.36. The molecule has 0 spiro atoms. The zero-order valence-corrected chi connectivity index (χ0v) is 10.2. The lowest BCUT2D eigenvalue weighted by molar-refractivity contribution is -0.123. The molecule has 1 aromatic heterocycles. The van der Waals surface area contributed by atoms with Gasteiger partial charge in [-0.3, -0.25) is 10.2 Å². The first-order valence-corrected chi connectivity index (χ1v) is 5.86. The third-order valence-electron chi connectivity index (χ3n) is 2.16. The quantitative estimate of drug-likeness (QED) is 0.472. The second-order valence-electron chi connectivity index (χ2n) is 4.84. The van der Waals surface area contributed by atoms with Gasteiger partial charge in [0.05, 0.1) is 5.92 Å². The van der Waals surface area contributed by atoms with Crippen molar-refractivity contribution in [2.75, 3.05) is 0 Å². The van der Waals surface area contributed by atoms with Crippen molar-refractivity contribution in [3.8, 4) is 0 Å². The second kappa shape index (κ2) is 4.77. The predicted molar refractivity (Wildman–Crippen MR) is 63.5 cm³/mol. The number of nitrogens with two attached hydrogens (primary N) is 1. The Kier molecular flexibility index (Phi) is 3.88. The van der Waals surface area contributed by atoms with Gasteiger partial charge < -0.3 is 0 Å². The minimum Gasteiger partial charge on any atom is -0.294 e. The maximum atomic E-state index is 11.7. The zero-order chi connectivity index (χ0) is 11.5. The van der Waals surface area contributed by atoms with Crippen LogP contribution in [0.4, 0.5) is 0 Å². The Hall–Kier alpha value is -0.870. The summed E-state index contributed by atoms with van der Waals surface area (Å²) in [6, 6.07) is 3.94. The molecule has 1 amide bonds. The molecular formula is C11H18N2OS. The van der Waals surface area contributed by atoms with Crippen molar-refractivity contribution in [3.05, 3.63) is 22.4 Å². The van der Waals surface area contributed by atoms with E-state index in [1.165, 1.54) is 0 Å². The van der Waals surface area contributed by atoms with Crippen LogP contribution in [0.1, 0.15) is 38.0 Å². The molecule has 0 aliphatic carbocycles. The van der Waals surface area contributed by atoms with Crippen LogP contribution in [0.2, 0.25) is 0 Å². The zero-order valence-electron chi connectivity index (χ0n) is 9.41. The summed E-state index contributed by atoms with van der Waals surface area (Å²) in [7, 11) is 0. The molecule has 0 aromatic carbocycles. The summed E-state index contributed by atoms with van der Waals surface area (Å²) in [5, 5.41) is 1.98. The fourth-order valence-corrected chi connectivity index (χ4v) is 2.35. The van der Waals surface area contributed by atoms with E-state index in [0.717, 1.165) is 11.3 Å². The highest BCUT2D eigenvalue weighted by molar-refractivity contribution is 7.10. The number of carbonyl (C=O) groups excluding carboxylic acids is 1. The van der Waals surface area contributed by atoms with Gasteiger partial charge in [0.25, 0.3) is 0 Å². The van der Waals surface area contributed by atoms with Gasteiger partial charge in [0.2, 0.25) is 5.91 Å². The Morgan fingerprint density at radius 3 is 2.67 bits per heavy atom. The topological polar surface area (TPSA) is 55.1 Å². The van der Waals surface area contributed by atoms with E-state index in [1.807, 2.05) is 17.5 Å². The van der Waals surface area contributed by atoms with Crippen molar-refractivity contribution >= 4 is 17.2 Å². The van der Waals surface area contributed by atoms with E-state index in [1.54, 1.807) is 11.3 Å². The number of carbonyl (C=O) groups is 1. The fourth-order valence-electron chi connectivity index (χ4n) is 1.53. The van der Waals surface area contributed by atoms with Crippen molar-refractivity contribution < 1.29 is 4.79 Å². The van der Waals surface area contributed by atoms with Crippen molar-refractivity contribution in [1.29, 1.82) is 0 Å². The number of amides is 1. The molecule has 84 valence electrons. The van der Waals surface area contributed by atoms with E-state index in [9.17, 15) is 4.79 Å². The van der Waals surface area contributed by atoms with E-state index < -0.39 is 0 Å². The molecule has 1 aromatic rings. The largest absolute Gasteiger partial charge is 0.294 e. The number of hydrogen-bond donors (Lipinski definition) is 2. The molecule has 1 atom stereocenters. The van der Waals surface area contributed by atoms with E-state index in [0.29, 0.717) is 0 Å². The Labute approximate surface area is 94.6 Å². The van der Waals surface area contributed by atoms with Crippen molar-refractivity contribution in [1.82, 2.24) is 5.43 Å². The molecule has 0 aliphatic heterocycles. The number of hydrazine groups is 1. The van der Waals surface area contributed by atoms with Crippen LogP contribution in [0.25, 0.3) is 0 Å². The average molecular weight is 226 g/mol. The highest BCUT2D eigenvalue weighted by Gasteiger charge is 2.26. The number of thiophene rings is 1. The van der Waals surface area contributed by atoms with Gasteiger partial charge in [0.1, 0.15) is 0 Å². The molecule has 1 heterocycles. The maximum Gasteiger partial charge on any atom is 0.242 e. The van der Waals surface area contributed by atoms with Gasteiger partial charge in [-0.15, -0.1) is 11.3 Å². The Morgan fingerprint density at radius 2 is 2.27 bits per heavy atom. The molecule has 0 fully saturated rings. The smallest absolute Gasteiger partial charge is 0.242 e. The third kappa shape index (κ3) is 3.64. The number of hydrogen-bond acceptors (Lipinski definition) is 3. The Morgan fingerprint density at radius 1 is 1.60 bits per heavy atom. The summed E-state index contributed by atoms with van der Waals surface area (Å²) in [6.07, 6.45) is 0.802. The van der Waals surface area contributed by atoms with Gasteiger partial charge >= 0.3 is 0 Å². The third-order valence-corrected chi connectivity index (χ3v) is 3.15. The molecule has 15 heavy (non-hydrogen) atoms. The predicted octanol–water partition coefficient (Wildman–Crippen LogP) is 2.26. The lowest BCUT2D eigenvalue weighted by atomic mass is 9.83. The molecule has 0 bridgehead atoms. The summed E-state index contributed by atoms with van der Waals surface area (Å²) < 4.78 is 0. The summed E-state index contributed by atoms with van der Waals surface area (Å²) >= 11 is 1.60. The number of nitrogens with one attached hydrogen (secondary N) is 1. The van der Waals surface area contributed by atoms with Crippen molar-refractivity contribution in [2.45, 2.75) is 33.1 Å². The standard InChI is InChI=1S/C11H18N2OS/c1-11(2,3)7-8(10(14)13-12)9-5-4-6-15-9/h4-6,8H,7,12H2,1-3H3,(H,13,14).